The van der Waals surface area contributed by atoms with Crippen molar-refractivity contribution >= 4 is 17.2 Å². The van der Waals surface area contributed by atoms with Crippen molar-refractivity contribution in [1.29, 1.82) is 0 Å². The number of nitrogens with zero attached hydrogens (tertiary/aromatic N) is 2. The number of fused-ring (bicyclic) bond motifs is 1. The van der Waals surface area contributed by atoms with Crippen molar-refractivity contribution in [3.8, 4) is 0 Å². The lowest BCUT2D eigenvalue weighted by Crippen LogP contribution is -2.48. The molecule has 0 saturated carbocycles. The van der Waals surface area contributed by atoms with Gasteiger partial charge in [0, 0.05) is 31.1 Å². The van der Waals surface area contributed by atoms with Crippen molar-refractivity contribution < 1.29 is 4.79 Å². The predicted molar refractivity (Wildman–Crippen MR) is 76.9 cm³/mol. The molecule has 0 aliphatic carbocycles. The number of rotatable bonds is 3. The van der Waals surface area contributed by atoms with Crippen molar-refractivity contribution in [2.45, 2.75) is 32.2 Å². The van der Waals surface area contributed by atoms with Gasteiger partial charge in [-0.2, -0.15) is 0 Å². The maximum atomic E-state index is 12.2. The number of carbonyl (C=O) groups is 1. The Labute approximate surface area is 118 Å². The van der Waals surface area contributed by atoms with E-state index >= 15 is 0 Å². The van der Waals surface area contributed by atoms with Crippen molar-refractivity contribution in [2.75, 3.05) is 26.2 Å². The SMILES string of the molecule is O=C(CNN1CCCCC1)N1CCc2sccc2C1. The molecule has 1 N–H and O–H groups in total. The van der Waals surface area contributed by atoms with Crippen LogP contribution in [0.4, 0.5) is 0 Å². The van der Waals surface area contributed by atoms with Gasteiger partial charge in [0.1, 0.15) is 0 Å². The van der Waals surface area contributed by atoms with E-state index in [1.54, 1.807) is 0 Å². The van der Waals surface area contributed by atoms with Crippen LogP contribution >= 0.6 is 11.3 Å². The zero-order valence-corrected chi connectivity index (χ0v) is 12.0. The summed E-state index contributed by atoms with van der Waals surface area (Å²) in [6.45, 7) is 4.25. The first-order valence-corrected chi connectivity index (χ1v) is 8.02. The Kier molecular flexibility index (Phi) is 4.15. The summed E-state index contributed by atoms with van der Waals surface area (Å²) in [5.41, 5.74) is 4.62. The van der Waals surface area contributed by atoms with E-state index in [1.165, 1.54) is 29.7 Å². The number of piperidine rings is 1. The highest BCUT2D eigenvalue weighted by molar-refractivity contribution is 7.10. The van der Waals surface area contributed by atoms with Gasteiger partial charge in [0.2, 0.25) is 5.91 Å². The molecule has 3 rings (SSSR count). The second kappa shape index (κ2) is 6.03. The molecule has 19 heavy (non-hydrogen) atoms. The zero-order valence-electron chi connectivity index (χ0n) is 11.2. The van der Waals surface area contributed by atoms with E-state index in [-0.39, 0.29) is 5.91 Å². The molecule has 1 aromatic rings. The van der Waals surface area contributed by atoms with Crippen LogP contribution in [0.15, 0.2) is 11.4 Å². The standard InChI is InChI=1S/C14H21N3OS/c18-14(10-15-17-6-2-1-3-7-17)16-8-4-13-12(11-16)5-9-19-13/h5,9,15H,1-4,6-8,10-11H2. The molecule has 0 atom stereocenters. The van der Waals surface area contributed by atoms with E-state index in [0.29, 0.717) is 6.54 Å². The lowest BCUT2D eigenvalue weighted by Gasteiger charge is -2.30. The average Bonchev–Trinajstić information content (AvgIpc) is 2.93. The molecule has 0 spiro atoms. The topological polar surface area (TPSA) is 35.6 Å². The number of carbonyl (C=O) groups excluding carboxylic acids is 1. The Morgan fingerprint density at radius 2 is 2.11 bits per heavy atom. The molecule has 3 heterocycles. The van der Waals surface area contributed by atoms with Crippen molar-refractivity contribution in [2.24, 2.45) is 0 Å². The van der Waals surface area contributed by atoms with Gasteiger partial charge in [-0.25, -0.2) is 10.4 Å². The van der Waals surface area contributed by atoms with Crippen molar-refractivity contribution in [1.82, 2.24) is 15.3 Å². The molecule has 2 aliphatic rings. The summed E-state index contributed by atoms with van der Waals surface area (Å²) in [5, 5.41) is 4.33. The summed E-state index contributed by atoms with van der Waals surface area (Å²) in [6, 6.07) is 2.15. The van der Waals surface area contributed by atoms with Gasteiger partial charge >= 0.3 is 0 Å². The summed E-state index contributed by atoms with van der Waals surface area (Å²) in [7, 11) is 0. The van der Waals surface area contributed by atoms with Crippen LogP contribution in [0, 0.1) is 0 Å². The molecule has 1 fully saturated rings. The highest BCUT2D eigenvalue weighted by Gasteiger charge is 2.21. The number of thiophene rings is 1. The Morgan fingerprint density at radius 3 is 2.95 bits per heavy atom. The summed E-state index contributed by atoms with van der Waals surface area (Å²) in [4.78, 5) is 15.6. The van der Waals surface area contributed by atoms with E-state index in [9.17, 15) is 4.79 Å². The Bertz CT molecular complexity index is 440. The van der Waals surface area contributed by atoms with Crippen LogP contribution in [0.3, 0.4) is 0 Å². The van der Waals surface area contributed by atoms with Gasteiger partial charge < -0.3 is 4.90 Å². The van der Waals surface area contributed by atoms with Gasteiger partial charge in [0.15, 0.2) is 0 Å². The number of hydrogen-bond donors (Lipinski definition) is 1. The van der Waals surface area contributed by atoms with Crippen LogP contribution in [0.2, 0.25) is 0 Å². The van der Waals surface area contributed by atoms with E-state index in [2.05, 4.69) is 21.9 Å². The smallest absolute Gasteiger partial charge is 0.238 e. The number of hydrazine groups is 1. The maximum absolute atomic E-state index is 12.2. The Morgan fingerprint density at radius 1 is 1.26 bits per heavy atom. The third-order valence-corrected chi connectivity index (χ3v) is 4.99. The van der Waals surface area contributed by atoms with Gasteiger partial charge in [-0.3, -0.25) is 4.79 Å². The number of nitrogens with one attached hydrogen (secondary N) is 1. The molecule has 0 bridgehead atoms. The van der Waals surface area contributed by atoms with Crippen LogP contribution in [-0.4, -0.2) is 42.0 Å². The second-order valence-electron chi connectivity index (χ2n) is 5.32. The molecular formula is C14H21N3OS. The van der Waals surface area contributed by atoms with Crippen LogP contribution < -0.4 is 5.43 Å². The first-order chi connectivity index (χ1) is 9.33. The minimum Gasteiger partial charge on any atom is -0.337 e. The largest absolute Gasteiger partial charge is 0.337 e. The van der Waals surface area contributed by atoms with Gasteiger partial charge in [-0.1, -0.05) is 6.42 Å². The molecule has 1 amide bonds. The summed E-state index contributed by atoms with van der Waals surface area (Å²) < 4.78 is 0. The first kappa shape index (κ1) is 13.1. The third-order valence-electron chi connectivity index (χ3n) is 3.97. The quantitative estimate of drug-likeness (QED) is 0.913. The molecule has 1 saturated heterocycles. The molecule has 5 heteroatoms. The zero-order chi connectivity index (χ0) is 13.1. The first-order valence-electron chi connectivity index (χ1n) is 7.14. The fourth-order valence-corrected chi connectivity index (χ4v) is 3.69. The minimum atomic E-state index is 0.224. The van der Waals surface area contributed by atoms with Crippen LogP contribution in [0.1, 0.15) is 29.7 Å². The Hall–Kier alpha value is -0.910. The molecule has 0 aromatic carbocycles. The molecule has 104 valence electrons. The normalized spacial score (nSPS) is 20.3. The van der Waals surface area contributed by atoms with Gasteiger partial charge in [-0.15, -0.1) is 11.3 Å². The fraction of sp³-hybridized carbons (Fsp3) is 0.643. The van der Waals surface area contributed by atoms with Gasteiger partial charge in [0.05, 0.1) is 6.54 Å². The molecule has 2 aliphatic heterocycles. The lowest BCUT2D eigenvalue weighted by molar-refractivity contribution is -0.132. The predicted octanol–water partition coefficient (Wildman–Crippen LogP) is 1.62. The van der Waals surface area contributed by atoms with E-state index in [0.717, 1.165) is 32.6 Å². The lowest BCUT2D eigenvalue weighted by atomic mass is 10.1. The van der Waals surface area contributed by atoms with Gasteiger partial charge in [-0.05, 0) is 36.3 Å². The minimum absolute atomic E-state index is 0.224. The van der Waals surface area contributed by atoms with Crippen LogP contribution in [0.5, 0.6) is 0 Å². The van der Waals surface area contributed by atoms with Crippen LogP contribution in [0.25, 0.3) is 0 Å². The number of amides is 1. The highest BCUT2D eigenvalue weighted by atomic mass is 32.1. The molecule has 4 nitrogen and oxygen atoms in total. The molecule has 1 aromatic heterocycles. The Balaban J connectivity index is 1.48. The average molecular weight is 279 g/mol. The third kappa shape index (κ3) is 3.16. The monoisotopic (exact) mass is 279 g/mol. The molecule has 0 radical (unpaired) electrons. The van der Waals surface area contributed by atoms with E-state index in [4.69, 9.17) is 0 Å². The fourth-order valence-electron chi connectivity index (χ4n) is 2.80. The second-order valence-corrected chi connectivity index (χ2v) is 6.32. The van der Waals surface area contributed by atoms with Crippen molar-refractivity contribution in [3.63, 3.8) is 0 Å². The molecular weight excluding hydrogens is 258 g/mol. The van der Waals surface area contributed by atoms with E-state index < -0.39 is 0 Å². The van der Waals surface area contributed by atoms with Crippen molar-refractivity contribution in [3.05, 3.63) is 21.9 Å². The maximum Gasteiger partial charge on any atom is 0.238 e. The highest BCUT2D eigenvalue weighted by Crippen LogP contribution is 2.23. The molecule has 0 unspecified atom stereocenters. The summed E-state index contributed by atoms with van der Waals surface area (Å²) >= 11 is 1.81. The summed E-state index contributed by atoms with van der Waals surface area (Å²) in [6.07, 6.45) is 4.81. The van der Waals surface area contributed by atoms with Crippen LogP contribution in [-0.2, 0) is 17.8 Å². The summed E-state index contributed by atoms with van der Waals surface area (Å²) in [5.74, 6) is 0.224. The van der Waals surface area contributed by atoms with Gasteiger partial charge in [0.25, 0.3) is 0 Å². The van der Waals surface area contributed by atoms with E-state index in [1.807, 2.05) is 16.2 Å². The number of hydrogen-bond acceptors (Lipinski definition) is 4.